The zero-order valence-electron chi connectivity index (χ0n) is 14.2. The number of carbonyl (C=O) groups excluding carboxylic acids is 1. The fraction of sp³-hybridized carbons (Fsp3) is 0.579. The summed E-state index contributed by atoms with van der Waals surface area (Å²) in [5.41, 5.74) is 2.22. The van der Waals surface area contributed by atoms with Crippen LogP contribution in [-0.2, 0) is 25.7 Å². The van der Waals surface area contributed by atoms with Crippen molar-refractivity contribution in [2.45, 2.75) is 57.7 Å². The van der Waals surface area contributed by atoms with Crippen LogP contribution in [0.2, 0.25) is 0 Å². The maximum atomic E-state index is 10.1. The van der Waals surface area contributed by atoms with Gasteiger partial charge in [-0.2, -0.15) is 0 Å². The number of oxime groups is 1. The van der Waals surface area contributed by atoms with Crippen molar-refractivity contribution in [2.75, 3.05) is 13.2 Å². The summed E-state index contributed by atoms with van der Waals surface area (Å²) in [7, 11) is 0. The first-order valence-electron chi connectivity index (χ1n) is 8.77. The molecule has 1 aromatic rings. The van der Waals surface area contributed by atoms with E-state index in [2.05, 4.69) is 22.0 Å². The summed E-state index contributed by atoms with van der Waals surface area (Å²) in [6, 6.07) is 10.3. The van der Waals surface area contributed by atoms with E-state index in [-0.39, 0.29) is 6.10 Å². The van der Waals surface area contributed by atoms with Crippen LogP contribution in [0.4, 0.5) is 0 Å². The van der Waals surface area contributed by atoms with E-state index in [0.717, 1.165) is 38.0 Å². The summed E-state index contributed by atoms with van der Waals surface area (Å²) >= 11 is 0. The minimum atomic E-state index is 0.200. The quantitative estimate of drug-likeness (QED) is 0.406. The summed E-state index contributed by atoms with van der Waals surface area (Å²) < 4.78 is 10.4. The Hall–Kier alpha value is -1.88. The third-order valence-corrected chi connectivity index (χ3v) is 4.05. The molecule has 1 heterocycles. The summed E-state index contributed by atoms with van der Waals surface area (Å²) in [6.45, 7) is 2.38. The maximum absolute atomic E-state index is 10.1. The van der Waals surface area contributed by atoms with Gasteiger partial charge in [0, 0.05) is 19.4 Å². The molecule has 0 aliphatic carbocycles. The van der Waals surface area contributed by atoms with Crippen LogP contribution in [0.5, 0.6) is 0 Å². The fourth-order valence-corrected chi connectivity index (χ4v) is 2.71. The minimum Gasteiger partial charge on any atom is -0.467 e. The zero-order valence-corrected chi connectivity index (χ0v) is 14.2. The summed E-state index contributed by atoms with van der Waals surface area (Å²) in [6.07, 6.45) is 7.40. The molecular weight excluding hydrogens is 306 g/mol. The van der Waals surface area contributed by atoms with Crippen LogP contribution >= 0.6 is 0 Å². The van der Waals surface area contributed by atoms with Gasteiger partial charge in [-0.1, -0.05) is 48.3 Å². The number of unbranched alkanes of at least 4 members (excludes halogenated alkanes) is 3. The van der Waals surface area contributed by atoms with Gasteiger partial charge >= 0.3 is 0 Å². The topological polar surface area (TPSA) is 57.1 Å². The average molecular weight is 333 g/mol. The normalized spacial score (nSPS) is 16.5. The first kappa shape index (κ1) is 18.5. The summed E-state index contributed by atoms with van der Waals surface area (Å²) in [5.74, 6) is 0. The van der Waals surface area contributed by atoms with E-state index in [0.29, 0.717) is 26.1 Å². The Morgan fingerprint density at radius 2 is 1.96 bits per heavy atom. The molecule has 1 aliphatic heterocycles. The summed E-state index contributed by atoms with van der Waals surface area (Å²) in [5, 5.41) is 4.06. The highest BCUT2D eigenvalue weighted by molar-refractivity contribution is 5.85. The highest BCUT2D eigenvalue weighted by atomic mass is 16.6. The van der Waals surface area contributed by atoms with Gasteiger partial charge in [-0.05, 0) is 24.8 Å². The van der Waals surface area contributed by atoms with Crippen molar-refractivity contribution in [1.82, 2.24) is 0 Å². The zero-order chi connectivity index (χ0) is 16.9. The molecule has 0 N–H and O–H groups in total. The average Bonchev–Trinajstić information content (AvgIpc) is 3.06. The van der Waals surface area contributed by atoms with Gasteiger partial charge in [-0.25, -0.2) is 0 Å². The highest BCUT2D eigenvalue weighted by Gasteiger charge is 2.20. The van der Waals surface area contributed by atoms with E-state index in [9.17, 15) is 4.79 Å². The standard InChI is InChI=1S/C19H27NO4/c21-16-23-13-11-18-14-19(24-20-18)10-6-1-2-7-12-22-15-17-8-4-3-5-9-17/h3-5,8-9,16,19H,1-2,6-7,10-15H2. The van der Waals surface area contributed by atoms with Crippen molar-refractivity contribution in [3.63, 3.8) is 0 Å². The van der Waals surface area contributed by atoms with Crippen LogP contribution in [0.1, 0.15) is 50.5 Å². The number of carbonyl (C=O) groups is 1. The largest absolute Gasteiger partial charge is 0.467 e. The highest BCUT2D eigenvalue weighted by Crippen LogP contribution is 2.19. The van der Waals surface area contributed by atoms with Gasteiger partial charge in [-0.3, -0.25) is 4.79 Å². The third-order valence-electron chi connectivity index (χ3n) is 4.05. The Kier molecular flexibility index (Phi) is 8.94. The molecule has 1 aromatic carbocycles. The molecule has 1 aliphatic rings. The second kappa shape index (κ2) is 11.6. The molecule has 0 fully saturated rings. The lowest BCUT2D eigenvalue weighted by molar-refractivity contribution is -0.128. The first-order chi connectivity index (χ1) is 11.9. The Labute approximate surface area is 144 Å². The lowest BCUT2D eigenvalue weighted by atomic mass is 10.0. The van der Waals surface area contributed by atoms with Crippen molar-refractivity contribution in [2.24, 2.45) is 5.16 Å². The van der Waals surface area contributed by atoms with Gasteiger partial charge in [0.05, 0.1) is 18.9 Å². The SMILES string of the molecule is O=COCCC1=NOC(CCCCCCOCc2ccccc2)C1. The molecule has 0 aromatic heterocycles. The molecule has 24 heavy (non-hydrogen) atoms. The molecule has 1 atom stereocenters. The molecule has 0 saturated carbocycles. The number of hydrogen-bond acceptors (Lipinski definition) is 5. The van der Waals surface area contributed by atoms with Crippen LogP contribution < -0.4 is 0 Å². The van der Waals surface area contributed by atoms with E-state index in [4.69, 9.17) is 9.57 Å². The molecule has 2 rings (SSSR count). The van der Waals surface area contributed by atoms with Crippen LogP contribution in [0.25, 0.3) is 0 Å². The lowest BCUT2D eigenvalue weighted by Crippen LogP contribution is -2.09. The van der Waals surface area contributed by atoms with Crippen molar-refractivity contribution in [3.8, 4) is 0 Å². The second-order valence-corrected chi connectivity index (χ2v) is 6.05. The Balaban J connectivity index is 1.39. The predicted molar refractivity (Wildman–Crippen MR) is 92.7 cm³/mol. The van der Waals surface area contributed by atoms with Crippen LogP contribution in [0.15, 0.2) is 35.5 Å². The predicted octanol–water partition coefficient (Wildman–Crippen LogP) is 3.86. The number of ether oxygens (including phenoxy) is 2. The van der Waals surface area contributed by atoms with Crippen molar-refractivity contribution in [1.29, 1.82) is 0 Å². The molecule has 0 radical (unpaired) electrons. The van der Waals surface area contributed by atoms with Crippen molar-refractivity contribution in [3.05, 3.63) is 35.9 Å². The van der Waals surface area contributed by atoms with Crippen LogP contribution in [0.3, 0.4) is 0 Å². The van der Waals surface area contributed by atoms with E-state index < -0.39 is 0 Å². The number of hydrogen-bond donors (Lipinski definition) is 0. The monoisotopic (exact) mass is 333 g/mol. The maximum Gasteiger partial charge on any atom is 0.293 e. The molecular formula is C19H27NO4. The molecule has 5 nitrogen and oxygen atoms in total. The lowest BCUT2D eigenvalue weighted by Gasteiger charge is -2.08. The van der Waals surface area contributed by atoms with Crippen LogP contribution in [0, 0.1) is 0 Å². The molecule has 1 unspecified atom stereocenters. The van der Waals surface area contributed by atoms with Crippen molar-refractivity contribution >= 4 is 12.2 Å². The van der Waals surface area contributed by atoms with Gasteiger partial charge in [0.1, 0.15) is 6.10 Å². The second-order valence-electron chi connectivity index (χ2n) is 6.05. The van der Waals surface area contributed by atoms with Gasteiger partial charge in [-0.15, -0.1) is 0 Å². The molecule has 0 bridgehead atoms. The number of rotatable bonds is 13. The Bertz CT molecular complexity index is 489. The Morgan fingerprint density at radius 1 is 1.12 bits per heavy atom. The molecule has 5 heteroatoms. The van der Waals surface area contributed by atoms with E-state index in [1.165, 1.54) is 18.4 Å². The van der Waals surface area contributed by atoms with E-state index in [1.807, 2.05) is 18.2 Å². The molecule has 132 valence electrons. The molecule has 0 saturated heterocycles. The Morgan fingerprint density at radius 3 is 2.79 bits per heavy atom. The smallest absolute Gasteiger partial charge is 0.293 e. The minimum absolute atomic E-state index is 0.200. The molecule has 0 amide bonds. The first-order valence-corrected chi connectivity index (χ1v) is 8.77. The van der Waals surface area contributed by atoms with Crippen molar-refractivity contribution < 1.29 is 19.1 Å². The molecule has 0 spiro atoms. The van der Waals surface area contributed by atoms with E-state index in [1.54, 1.807) is 0 Å². The van der Waals surface area contributed by atoms with Gasteiger partial charge in [0.15, 0.2) is 0 Å². The van der Waals surface area contributed by atoms with Crippen LogP contribution in [-0.4, -0.2) is 31.5 Å². The summed E-state index contributed by atoms with van der Waals surface area (Å²) in [4.78, 5) is 15.5. The van der Waals surface area contributed by atoms with E-state index >= 15 is 0 Å². The fourth-order valence-electron chi connectivity index (χ4n) is 2.71. The number of benzene rings is 1. The van der Waals surface area contributed by atoms with Gasteiger partial charge < -0.3 is 14.3 Å². The van der Waals surface area contributed by atoms with Gasteiger partial charge in [0.2, 0.25) is 0 Å². The number of nitrogens with zero attached hydrogens (tertiary/aromatic N) is 1. The third kappa shape index (κ3) is 7.59. The van der Waals surface area contributed by atoms with Gasteiger partial charge in [0.25, 0.3) is 6.47 Å².